The molecule has 50 heavy (non-hydrogen) atoms. The predicted molar refractivity (Wildman–Crippen MR) is 195 cm³/mol. The second-order valence-electron chi connectivity index (χ2n) is 13.2. The Morgan fingerprint density at radius 2 is 1.88 bits per heavy atom. The summed E-state index contributed by atoms with van der Waals surface area (Å²) in [5, 5.41) is 14.1. The lowest BCUT2D eigenvalue weighted by Crippen LogP contribution is -2.60. The van der Waals surface area contributed by atoms with Crippen LogP contribution in [0.5, 0.6) is 0 Å². The van der Waals surface area contributed by atoms with E-state index >= 15 is 0 Å². The zero-order chi connectivity index (χ0) is 36.2. The van der Waals surface area contributed by atoms with E-state index in [1.807, 2.05) is 32.0 Å². The number of nitrogens with zero attached hydrogens (tertiary/aromatic N) is 2. The van der Waals surface area contributed by atoms with Crippen molar-refractivity contribution in [3.63, 3.8) is 0 Å². The number of carbonyl (C=O) groups excluding carboxylic acids is 4. The normalized spacial score (nSPS) is 26.9. The molecule has 268 valence electrons. The Bertz CT molecular complexity index is 1580. The Morgan fingerprint density at radius 3 is 2.50 bits per heavy atom. The molecule has 0 saturated carbocycles. The molecule has 2 aromatic rings. The predicted octanol–water partition coefficient (Wildman–Crippen LogP) is 5.38. The van der Waals surface area contributed by atoms with Gasteiger partial charge in [-0.25, -0.2) is 0 Å². The first-order chi connectivity index (χ1) is 24.0. The molecule has 1 spiro atoms. The maximum Gasteiger partial charge on any atom is 0.313 e. The molecule has 3 aliphatic heterocycles. The number of likely N-dealkylation sites (tertiary alicyclic amines) is 1. The van der Waals surface area contributed by atoms with Gasteiger partial charge in [0.1, 0.15) is 17.7 Å². The van der Waals surface area contributed by atoms with Crippen LogP contribution in [0.1, 0.15) is 51.2 Å². The molecule has 0 aromatic heterocycles. The number of hydrogen-bond donors (Lipinski definition) is 2. The summed E-state index contributed by atoms with van der Waals surface area (Å²) < 4.78 is 12.9. The van der Waals surface area contributed by atoms with Gasteiger partial charge in [0, 0.05) is 28.5 Å². The smallest absolute Gasteiger partial charge is 0.313 e. The number of hydrogen-bond acceptors (Lipinski definition) is 7. The topological polar surface area (TPSA) is 125 Å². The minimum Gasteiger partial charge on any atom is -0.455 e. The van der Waals surface area contributed by atoms with Gasteiger partial charge in [-0.05, 0) is 48.6 Å². The van der Waals surface area contributed by atoms with E-state index in [-0.39, 0.29) is 49.2 Å². The van der Waals surface area contributed by atoms with Crippen LogP contribution in [0.15, 0.2) is 79.9 Å². The summed E-state index contributed by atoms with van der Waals surface area (Å²) in [5.41, 5.74) is -0.160. The van der Waals surface area contributed by atoms with E-state index < -0.39 is 59.5 Å². The summed E-state index contributed by atoms with van der Waals surface area (Å²) in [6, 6.07) is 14.0. The monoisotopic (exact) mass is 769 g/mol. The number of aliphatic hydroxyl groups excluding tert-OH is 1. The number of nitrogens with one attached hydrogen (secondary N) is 1. The molecule has 9 atom stereocenters. The van der Waals surface area contributed by atoms with Crippen LogP contribution in [0.4, 0.5) is 5.69 Å². The van der Waals surface area contributed by atoms with E-state index in [2.05, 4.69) is 34.4 Å². The number of allylic oxidation sites excluding steroid dienone is 1. The molecule has 2 N–H and O–H groups in total. The van der Waals surface area contributed by atoms with Crippen molar-refractivity contribution in [1.82, 2.24) is 10.2 Å². The van der Waals surface area contributed by atoms with Gasteiger partial charge in [-0.3, -0.25) is 19.2 Å². The number of ether oxygens (including phenoxy) is 2. The average Bonchev–Trinajstić information content (AvgIpc) is 3.72. The molecule has 5 rings (SSSR count). The quantitative estimate of drug-likeness (QED) is 0.134. The van der Waals surface area contributed by atoms with Crippen LogP contribution >= 0.6 is 27.5 Å². The second-order valence-corrected chi connectivity index (χ2v) is 14.8. The molecule has 10 nitrogen and oxygen atoms in total. The van der Waals surface area contributed by atoms with Crippen LogP contribution in [0.3, 0.4) is 0 Å². The summed E-state index contributed by atoms with van der Waals surface area (Å²) in [7, 11) is 0. The van der Waals surface area contributed by atoms with E-state index in [0.29, 0.717) is 29.1 Å². The van der Waals surface area contributed by atoms with Crippen molar-refractivity contribution in [2.45, 2.75) is 74.3 Å². The van der Waals surface area contributed by atoms with Crippen LogP contribution < -0.4 is 10.2 Å². The molecule has 2 aromatic carbocycles. The van der Waals surface area contributed by atoms with Crippen LogP contribution in [-0.4, -0.2) is 82.0 Å². The molecule has 1 unspecified atom stereocenters. The highest BCUT2D eigenvalue weighted by Crippen LogP contribution is 2.61. The number of anilines is 1. The number of esters is 1. The Kier molecular flexibility index (Phi) is 12.2. The first-order valence-corrected chi connectivity index (χ1v) is 18.4. The molecular weight excluding hydrogens is 726 g/mol. The van der Waals surface area contributed by atoms with Gasteiger partial charge in [-0.1, -0.05) is 90.3 Å². The van der Waals surface area contributed by atoms with Gasteiger partial charge in [0.25, 0.3) is 5.91 Å². The van der Waals surface area contributed by atoms with E-state index in [4.69, 9.17) is 21.1 Å². The summed E-state index contributed by atoms with van der Waals surface area (Å²) in [5.74, 6) is -3.99. The summed E-state index contributed by atoms with van der Waals surface area (Å²) in [6.45, 7) is 11.2. The summed E-state index contributed by atoms with van der Waals surface area (Å²) >= 11 is 9.89. The average molecular weight is 771 g/mol. The zero-order valence-corrected chi connectivity index (χ0v) is 30.7. The fraction of sp³-hybridized carbons (Fsp3) is 0.474. The number of carbonyl (C=O) groups is 4. The maximum absolute atomic E-state index is 14.9. The Morgan fingerprint density at radius 1 is 1.18 bits per heavy atom. The van der Waals surface area contributed by atoms with Gasteiger partial charge in [0.2, 0.25) is 11.8 Å². The van der Waals surface area contributed by atoms with Crippen molar-refractivity contribution in [3.05, 3.63) is 90.5 Å². The van der Waals surface area contributed by atoms with E-state index in [0.717, 1.165) is 0 Å². The lowest BCUT2D eigenvalue weighted by atomic mass is 9.70. The number of amides is 3. The van der Waals surface area contributed by atoms with Crippen LogP contribution in [0.2, 0.25) is 5.02 Å². The van der Waals surface area contributed by atoms with Crippen molar-refractivity contribution < 1.29 is 33.8 Å². The second kappa shape index (κ2) is 16.2. The first-order valence-electron chi connectivity index (χ1n) is 17.1. The molecule has 3 fully saturated rings. The van der Waals surface area contributed by atoms with Gasteiger partial charge < -0.3 is 29.7 Å². The summed E-state index contributed by atoms with van der Waals surface area (Å²) in [4.78, 5) is 59.2. The van der Waals surface area contributed by atoms with Gasteiger partial charge >= 0.3 is 5.97 Å². The number of alkyl halides is 1. The molecule has 0 aliphatic carbocycles. The van der Waals surface area contributed by atoms with E-state index in [9.17, 15) is 24.3 Å². The lowest BCUT2D eigenvalue weighted by molar-refractivity contribution is -0.161. The molecule has 12 heteroatoms. The third-order valence-corrected chi connectivity index (χ3v) is 11.4. The number of halogens is 2. The Balaban J connectivity index is 1.53. The third kappa shape index (κ3) is 7.15. The van der Waals surface area contributed by atoms with Crippen molar-refractivity contribution in [2.75, 3.05) is 24.6 Å². The number of aliphatic hydroxyl groups is 1. The minimum absolute atomic E-state index is 0.0247. The van der Waals surface area contributed by atoms with Crippen molar-refractivity contribution in [1.29, 1.82) is 0 Å². The van der Waals surface area contributed by atoms with Crippen LogP contribution in [0.25, 0.3) is 0 Å². The molecule has 3 heterocycles. The number of rotatable bonds is 16. The highest BCUT2D eigenvalue weighted by Gasteiger charge is 2.77. The highest BCUT2D eigenvalue weighted by atomic mass is 79.9. The fourth-order valence-electron chi connectivity index (χ4n) is 7.65. The van der Waals surface area contributed by atoms with Crippen LogP contribution in [-0.2, 0) is 28.7 Å². The standard InChI is InChI=1S/C38H45BrClN3O7/c1-5-8-14-30(45)41-21-29(24-12-10-9-11-13-24)49-37(48)31-32-35(46)43(28(22-44)23(4)7-3)34(38(32)20-27(39)33(31)50-38)36(47)42(19-6-2)26-17-15-25(40)16-18-26/h5-6,9-13,15-18,23,27-29,31-34,44H,1-2,7-8,14,19-22H2,3-4H3,(H,41,45)/t23-,27?,28-,29-,31-,32+,33-,34-,38+/m0/s1. The lowest BCUT2D eigenvalue weighted by Gasteiger charge is -2.41. The van der Waals surface area contributed by atoms with Crippen molar-refractivity contribution in [3.8, 4) is 0 Å². The number of fused-ring (bicyclic) bond motifs is 1. The maximum atomic E-state index is 14.9. The SMILES string of the molecule is C=CCCC(=O)NC[C@H](OC(=O)[C@@H]1[C@H]2O[C@@]3(CC2Br)[C@H](C(=O)N(CC=C)c2ccc(Cl)cc2)N([C@@H](CO)[C@@H](C)CC)C(=O)[C@@H]13)c1ccccc1. The summed E-state index contributed by atoms with van der Waals surface area (Å²) in [6.07, 6.45) is 3.32. The van der Waals surface area contributed by atoms with Crippen molar-refractivity contribution >= 4 is 56.9 Å². The number of benzene rings is 2. The Labute approximate surface area is 306 Å². The molecular formula is C38H45BrClN3O7. The first kappa shape index (κ1) is 37.7. The largest absolute Gasteiger partial charge is 0.455 e. The molecule has 2 bridgehead atoms. The molecule has 3 saturated heterocycles. The zero-order valence-electron chi connectivity index (χ0n) is 28.4. The fourth-order valence-corrected chi connectivity index (χ4v) is 8.72. The van der Waals surface area contributed by atoms with Gasteiger partial charge in [-0.15, -0.1) is 13.2 Å². The molecule has 3 amide bonds. The van der Waals surface area contributed by atoms with Gasteiger partial charge in [-0.2, -0.15) is 0 Å². The third-order valence-electron chi connectivity index (χ3n) is 10.3. The molecule has 3 aliphatic rings. The van der Waals surface area contributed by atoms with Gasteiger partial charge in [0.15, 0.2) is 0 Å². The van der Waals surface area contributed by atoms with Gasteiger partial charge in [0.05, 0.1) is 37.1 Å². The van der Waals surface area contributed by atoms with E-state index in [1.54, 1.807) is 48.6 Å². The minimum atomic E-state index is -1.38. The molecule has 0 radical (unpaired) electrons. The highest BCUT2D eigenvalue weighted by molar-refractivity contribution is 9.09. The van der Waals surface area contributed by atoms with Crippen molar-refractivity contribution in [2.24, 2.45) is 17.8 Å². The Hall–Kier alpha value is -3.51. The van der Waals surface area contributed by atoms with E-state index in [1.165, 1.54) is 9.80 Å². The van der Waals surface area contributed by atoms with Crippen LogP contribution in [0, 0.1) is 17.8 Å².